The largest absolute Gasteiger partial charge is 0.493 e. The highest BCUT2D eigenvalue weighted by atomic mass is 32.2. The fraction of sp³-hybridized carbons (Fsp3) is 0.444. The number of carbonyl (C=O) groups excluding carboxylic acids is 2. The van der Waals surface area contributed by atoms with E-state index in [4.69, 9.17) is 14.2 Å². The summed E-state index contributed by atoms with van der Waals surface area (Å²) < 4.78 is 16.8. The van der Waals surface area contributed by atoms with Crippen LogP contribution in [0.15, 0.2) is 47.6 Å². The van der Waals surface area contributed by atoms with Gasteiger partial charge < -0.3 is 19.1 Å². The Labute approximate surface area is 222 Å². The van der Waals surface area contributed by atoms with Gasteiger partial charge in [-0.25, -0.2) is 9.80 Å². The highest BCUT2D eigenvalue weighted by molar-refractivity contribution is 8.14. The molecule has 2 aromatic carbocycles. The zero-order valence-corrected chi connectivity index (χ0v) is 22.5. The molecular formula is C27H34N4O5S. The Morgan fingerprint density at radius 3 is 2.54 bits per heavy atom. The number of rotatable bonds is 8. The van der Waals surface area contributed by atoms with E-state index in [0.717, 1.165) is 42.8 Å². The van der Waals surface area contributed by atoms with Gasteiger partial charge in [0.15, 0.2) is 11.5 Å². The molecule has 0 spiro atoms. The monoisotopic (exact) mass is 526 g/mol. The average molecular weight is 527 g/mol. The summed E-state index contributed by atoms with van der Waals surface area (Å²) in [4.78, 5) is 27.1. The Hall–Kier alpha value is -3.24. The number of amides is 2. The molecule has 2 aliphatic heterocycles. The van der Waals surface area contributed by atoms with E-state index >= 15 is 0 Å². The van der Waals surface area contributed by atoms with Gasteiger partial charge in [-0.15, -0.1) is 0 Å². The van der Waals surface area contributed by atoms with Gasteiger partial charge in [0.2, 0.25) is 0 Å². The number of hydrogen-bond acceptors (Lipinski definition) is 8. The van der Waals surface area contributed by atoms with Crippen molar-refractivity contribution in [2.45, 2.75) is 45.4 Å². The van der Waals surface area contributed by atoms with Gasteiger partial charge in [-0.2, -0.15) is 5.10 Å². The van der Waals surface area contributed by atoms with Crippen LogP contribution in [0.1, 0.15) is 37.8 Å². The molecule has 1 N–H and O–H groups in total. The molecule has 0 radical (unpaired) electrons. The minimum Gasteiger partial charge on any atom is -0.493 e. The van der Waals surface area contributed by atoms with E-state index in [9.17, 15) is 9.59 Å². The SMILES string of the molecule is COc1ccc(C2=NN(Cc3ccc(NC(=O)OC4CCN(C)CC4)cc3)C(=O)SC2)cc1OC(C)C. The van der Waals surface area contributed by atoms with Crippen LogP contribution in [-0.2, 0) is 11.3 Å². The summed E-state index contributed by atoms with van der Waals surface area (Å²) in [6.45, 7) is 6.09. The van der Waals surface area contributed by atoms with E-state index in [1.54, 1.807) is 19.2 Å². The Morgan fingerprint density at radius 1 is 1.14 bits per heavy atom. The molecule has 0 atom stereocenters. The molecule has 198 valence electrons. The predicted molar refractivity (Wildman–Crippen MR) is 146 cm³/mol. The number of hydrogen-bond donors (Lipinski definition) is 1. The molecule has 4 rings (SSSR count). The second-order valence-electron chi connectivity index (χ2n) is 9.42. The summed E-state index contributed by atoms with van der Waals surface area (Å²) >= 11 is 1.21. The Balaban J connectivity index is 1.39. The van der Waals surface area contributed by atoms with Crippen LogP contribution in [0.25, 0.3) is 0 Å². The van der Waals surface area contributed by atoms with Gasteiger partial charge in [0.1, 0.15) is 6.10 Å². The molecule has 0 saturated carbocycles. The summed E-state index contributed by atoms with van der Waals surface area (Å²) in [5.74, 6) is 1.77. The number of hydrazone groups is 1. The highest BCUT2D eigenvalue weighted by Gasteiger charge is 2.24. The smallest absolute Gasteiger partial charge is 0.411 e. The predicted octanol–water partition coefficient (Wildman–Crippen LogP) is 5.20. The Morgan fingerprint density at radius 2 is 1.86 bits per heavy atom. The molecule has 1 saturated heterocycles. The van der Waals surface area contributed by atoms with E-state index < -0.39 is 6.09 Å². The molecule has 37 heavy (non-hydrogen) atoms. The Kier molecular flexibility index (Phi) is 8.94. The first kappa shape index (κ1) is 26.8. The summed E-state index contributed by atoms with van der Waals surface area (Å²) in [6.07, 6.45) is 1.19. The van der Waals surface area contributed by atoms with Crippen molar-refractivity contribution in [1.82, 2.24) is 9.91 Å². The van der Waals surface area contributed by atoms with Crippen molar-refractivity contribution in [3.63, 3.8) is 0 Å². The third-order valence-corrected chi connectivity index (χ3v) is 6.99. The van der Waals surface area contributed by atoms with E-state index in [1.807, 2.05) is 44.2 Å². The van der Waals surface area contributed by atoms with Gasteiger partial charge in [0.05, 0.1) is 25.5 Å². The number of thioether (sulfide) groups is 1. The van der Waals surface area contributed by atoms with Crippen LogP contribution >= 0.6 is 11.8 Å². The lowest BCUT2D eigenvalue weighted by Crippen LogP contribution is -2.36. The number of likely N-dealkylation sites (tertiary alicyclic amines) is 1. The van der Waals surface area contributed by atoms with Crippen LogP contribution in [-0.4, -0.2) is 72.2 Å². The lowest BCUT2D eigenvalue weighted by molar-refractivity contribution is 0.0662. The molecular weight excluding hydrogens is 492 g/mol. The maximum absolute atomic E-state index is 12.6. The first-order chi connectivity index (χ1) is 17.8. The number of carbonyl (C=O) groups is 2. The van der Waals surface area contributed by atoms with Gasteiger partial charge in [0, 0.05) is 30.1 Å². The molecule has 0 bridgehead atoms. The molecule has 9 nitrogen and oxygen atoms in total. The van der Waals surface area contributed by atoms with Crippen LogP contribution in [0, 0.1) is 0 Å². The van der Waals surface area contributed by atoms with Crippen molar-refractivity contribution in [3.8, 4) is 11.5 Å². The maximum atomic E-state index is 12.6. The third kappa shape index (κ3) is 7.39. The van der Waals surface area contributed by atoms with Gasteiger partial charge in [-0.1, -0.05) is 23.9 Å². The number of nitrogens with zero attached hydrogens (tertiary/aromatic N) is 3. The van der Waals surface area contributed by atoms with E-state index in [-0.39, 0.29) is 17.4 Å². The summed E-state index contributed by atoms with van der Waals surface area (Å²) in [6, 6.07) is 13.0. The minimum absolute atomic E-state index is 0.00140. The molecule has 2 heterocycles. The molecule has 10 heteroatoms. The number of benzene rings is 2. The molecule has 0 unspecified atom stereocenters. The molecule has 2 amide bonds. The van der Waals surface area contributed by atoms with Crippen molar-refractivity contribution in [2.24, 2.45) is 5.10 Å². The quantitative estimate of drug-likeness (QED) is 0.506. The van der Waals surface area contributed by atoms with Gasteiger partial charge in [-0.05, 0) is 69.6 Å². The number of methoxy groups -OCH3 is 1. The van der Waals surface area contributed by atoms with Crippen LogP contribution < -0.4 is 14.8 Å². The van der Waals surface area contributed by atoms with Crippen molar-refractivity contribution < 1.29 is 23.8 Å². The normalized spacial score (nSPS) is 16.9. The van der Waals surface area contributed by atoms with Crippen LogP contribution in [0.4, 0.5) is 15.3 Å². The average Bonchev–Trinajstić information content (AvgIpc) is 2.87. The van der Waals surface area contributed by atoms with Crippen LogP contribution in [0.5, 0.6) is 11.5 Å². The van der Waals surface area contributed by atoms with Crippen molar-refractivity contribution in [2.75, 3.05) is 38.3 Å². The first-order valence-electron chi connectivity index (χ1n) is 12.4. The lowest BCUT2D eigenvalue weighted by atomic mass is 10.1. The summed E-state index contributed by atoms with van der Waals surface area (Å²) in [7, 11) is 3.67. The van der Waals surface area contributed by atoms with Crippen molar-refractivity contribution in [1.29, 1.82) is 0 Å². The fourth-order valence-electron chi connectivity index (χ4n) is 4.13. The van der Waals surface area contributed by atoms with Gasteiger partial charge in [-0.3, -0.25) is 10.1 Å². The molecule has 1 fully saturated rings. The zero-order chi connectivity index (χ0) is 26.4. The third-order valence-electron chi connectivity index (χ3n) is 6.12. The van der Waals surface area contributed by atoms with E-state index in [1.165, 1.54) is 16.8 Å². The number of nitrogens with one attached hydrogen (secondary N) is 1. The molecule has 0 aromatic heterocycles. The second-order valence-corrected chi connectivity index (χ2v) is 10.3. The highest BCUT2D eigenvalue weighted by Crippen LogP contribution is 2.31. The number of anilines is 1. The lowest BCUT2D eigenvalue weighted by Gasteiger charge is -2.28. The topological polar surface area (TPSA) is 92.7 Å². The maximum Gasteiger partial charge on any atom is 0.411 e. The molecule has 2 aliphatic rings. The van der Waals surface area contributed by atoms with Crippen LogP contribution in [0.3, 0.4) is 0 Å². The fourth-order valence-corrected chi connectivity index (χ4v) is 4.87. The molecule has 0 aliphatic carbocycles. The van der Waals surface area contributed by atoms with Crippen molar-refractivity contribution >= 4 is 34.5 Å². The second kappa shape index (κ2) is 12.3. The molecule has 2 aromatic rings. The number of piperidine rings is 1. The minimum atomic E-state index is -0.445. The van der Waals surface area contributed by atoms with E-state index in [0.29, 0.717) is 29.5 Å². The zero-order valence-electron chi connectivity index (χ0n) is 21.7. The first-order valence-corrected chi connectivity index (χ1v) is 13.4. The van der Waals surface area contributed by atoms with Crippen molar-refractivity contribution in [3.05, 3.63) is 53.6 Å². The standard InChI is InChI=1S/C27H34N4O5S/c1-18(2)35-25-15-20(7-10-24(25)34-4)23-17-37-27(33)31(29-23)16-19-5-8-21(9-6-19)28-26(32)36-22-11-13-30(3)14-12-22/h5-10,15,18,22H,11-14,16-17H2,1-4H3,(H,28,32). The van der Waals surface area contributed by atoms with Gasteiger partial charge >= 0.3 is 11.3 Å². The van der Waals surface area contributed by atoms with Crippen LogP contribution in [0.2, 0.25) is 0 Å². The summed E-state index contributed by atoms with van der Waals surface area (Å²) in [5, 5.41) is 8.78. The van der Waals surface area contributed by atoms with E-state index in [2.05, 4.69) is 22.4 Å². The number of ether oxygens (including phenoxy) is 3. The summed E-state index contributed by atoms with van der Waals surface area (Å²) in [5.41, 5.74) is 3.20. The van der Waals surface area contributed by atoms with Gasteiger partial charge in [0.25, 0.3) is 0 Å². The Bertz CT molecular complexity index is 1130.